The van der Waals surface area contributed by atoms with Crippen molar-refractivity contribution in [3.8, 4) is 0 Å². The van der Waals surface area contributed by atoms with Crippen LogP contribution in [0.15, 0.2) is 54.9 Å². The van der Waals surface area contributed by atoms with Crippen molar-refractivity contribution in [3.05, 3.63) is 66.0 Å². The predicted octanol–water partition coefficient (Wildman–Crippen LogP) is 2.52. The third kappa shape index (κ3) is 5.12. The van der Waals surface area contributed by atoms with Gasteiger partial charge in [0.1, 0.15) is 0 Å². The zero-order valence-electron chi connectivity index (χ0n) is 11.4. The fraction of sp³-hybridized carbons (Fsp3) is 0.267. The molecule has 1 aromatic heterocycles. The normalized spacial score (nSPS) is 13.0. The fourth-order valence-electron chi connectivity index (χ4n) is 1.95. The molecule has 1 atom stereocenters. The SMILES string of the molecule is O=S(=O)(CCc1ccncc1)NC(CCl)c1ccccc1. The van der Waals surface area contributed by atoms with Gasteiger partial charge in [-0.15, -0.1) is 11.6 Å². The quantitative estimate of drug-likeness (QED) is 0.796. The van der Waals surface area contributed by atoms with Crippen molar-refractivity contribution >= 4 is 21.6 Å². The molecule has 21 heavy (non-hydrogen) atoms. The number of benzene rings is 1. The van der Waals surface area contributed by atoms with Crippen molar-refractivity contribution in [3.63, 3.8) is 0 Å². The van der Waals surface area contributed by atoms with Gasteiger partial charge in [0.2, 0.25) is 10.0 Å². The summed E-state index contributed by atoms with van der Waals surface area (Å²) in [7, 11) is -3.39. The van der Waals surface area contributed by atoms with Crippen molar-refractivity contribution in [2.45, 2.75) is 12.5 Å². The molecule has 0 spiro atoms. The number of alkyl halides is 1. The first-order valence-electron chi connectivity index (χ1n) is 6.60. The Hall–Kier alpha value is -1.43. The summed E-state index contributed by atoms with van der Waals surface area (Å²) in [6, 6.07) is 12.5. The number of halogens is 1. The molecule has 6 heteroatoms. The van der Waals surface area contributed by atoms with E-state index in [1.807, 2.05) is 42.5 Å². The number of pyridine rings is 1. The summed E-state index contributed by atoms with van der Waals surface area (Å²) < 4.78 is 27.0. The Bertz CT molecular complexity index is 648. The molecule has 1 N–H and O–H groups in total. The standard InChI is InChI=1S/C15H17ClN2O2S/c16-12-15(14-4-2-1-3-5-14)18-21(19,20)11-8-13-6-9-17-10-7-13/h1-7,9-10,15,18H,8,11-12H2. The maximum absolute atomic E-state index is 12.2. The van der Waals surface area contributed by atoms with Gasteiger partial charge in [0.05, 0.1) is 11.8 Å². The van der Waals surface area contributed by atoms with Gasteiger partial charge in [0.25, 0.3) is 0 Å². The first kappa shape index (κ1) is 15.9. The van der Waals surface area contributed by atoms with Crippen molar-refractivity contribution in [1.82, 2.24) is 9.71 Å². The average molecular weight is 325 g/mol. The van der Waals surface area contributed by atoms with Crippen LogP contribution in [0.5, 0.6) is 0 Å². The zero-order chi connectivity index (χ0) is 15.1. The van der Waals surface area contributed by atoms with Crippen LogP contribution in [0.4, 0.5) is 0 Å². The molecule has 0 amide bonds. The highest BCUT2D eigenvalue weighted by molar-refractivity contribution is 7.89. The first-order valence-corrected chi connectivity index (χ1v) is 8.79. The van der Waals surface area contributed by atoms with Crippen LogP contribution in [0.25, 0.3) is 0 Å². The largest absolute Gasteiger partial charge is 0.265 e. The van der Waals surface area contributed by atoms with Crippen molar-refractivity contribution < 1.29 is 8.42 Å². The molecule has 1 unspecified atom stereocenters. The van der Waals surface area contributed by atoms with E-state index in [2.05, 4.69) is 9.71 Å². The molecule has 0 radical (unpaired) electrons. The van der Waals surface area contributed by atoms with E-state index < -0.39 is 16.1 Å². The Kier molecular flexibility index (Phi) is 5.73. The van der Waals surface area contributed by atoms with Gasteiger partial charge in [-0.3, -0.25) is 4.98 Å². The molecule has 1 aromatic carbocycles. The Balaban J connectivity index is 1.99. The highest BCUT2D eigenvalue weighted by Crippen LogP contribution is 2.15. The lowest BCUT2D eigenvalue weighted by Crippen LogP contribution is -2.32. The minimum Gasteiger partial charge on any atom is -0.265 e. The molecular formula is C15H17ClN2O2S. The van der Waals surface area contributed by atoms with Crippen molar-refractivity contribution in [2.75, 3.05) is 11.6 Å². The predicted molar refractivity (Wildman–Crippen MR) is 84.8 cm³/mol. The average Bonchev–Trinajstić information content (AvgIpc) is 2.53. The van der Waals surface area contributed by atoms with Gasteiger partial charge in [-0.25, -0.2) is 13.1 Å². The number of nitrogens with one attached hydrogen (secondary N) is 1. The third-order valence-electron chi connectivity index (χ3n) is 3.09. The van der Waals surface area contributed by atoms with Gasteiger partial charge in [-0.1, -0.05) is 30.3 Å². The molecule has 0 aliphatic heterocycles. The zero-order valence-corrected chi connectivity index (χ0v) is 13.0. The molecule has 112 valence electrons. The Labute approximate surface area is 130 Å². The second-order valence-electron chi connectivity index (χ2n) is 4.66. The number of nitrogens with zero attached hydrogens (tertiary/aromatic N) is 1. The van der Waals surface area contributed by atoms with Crippen LogP contribution in [-0.2, 0) is 16.4 Å². The van der Waals surface area contributed by atoms with Crippen LogP contribution in [0.3, 0.4) is 0 Å². The highest BCUT2D eigenvalue weighted by Gasteiger charge is 2.18. The number of aromatic nitrogens is 1. The van der Waals surface area contributed by atoms with Crippen LogP contribution < -0.4 is 4.72 Å². The van der Waals surface area contributed by atoms with E-state index in [0.717, 1.165) is 11.1 Å². The summed E-state index contributed by atoms with van der Waals surface area (Å²) in [5, 5.41) is 0. The van der Waals surface area contributed by atoms with E-state index in [9.17, 15) is 8.42 Å². The van der Waals surface area contributed by atoms with Crippen molar-refractivity contribution in [1.29, 1.82) is 0 Å². The monoisotopic (exact) mass is 324 g/mol. The van der Waals surface area contributed by atoms with Gasteiger partial charge in [-0.2, -0.15) is 0 Å². The second-order valence-corrected chi connectivity index (χ2v) is 6.84. The van der Waals surface area contributed by atoms with Gasteiger partial charge >= 0.3 is 0 Å². The molecule has 0 fully saturated rings. The topological polar surface area (TPSA) is 59.1 Å². The van der Waals surface area contributed by atoms with E-state index >= 15 is 0 Å². The molecule has 0 saturated carbocycles. The molecule has 2 rings (SSSR count). The highest BCUT2D eigenvalue weighted by atomic mass is 35.5. The van der Waals surface area contributed by atoms with Gasteiger partial charge in [-0.05, 0) is 29.7 Å². The molecule has 0 bridgehead atoms. The number of sulfonamides is 1. The molecule has 0 aliphatic rings. The number of rotatable bonds is 7. The summed E-state index contributed by atoms with van der Waals surface area (Å²) in [5.74, 6) is 0.218. The van der Waals surface area contributed by atoms with E-state index in [4.69, 9.17) is 11.6 Å². The summed E-state index contributed by atoms with van der Waals surface area (Å²) >= 11 is 5.89. The van der Waals surface area contributed by atoms with Gasteiger partial charge in [0.15, 0.2) is 0 Å². The minimum atomic E-state index is -3.39. The number of hydrogen-bond acceptors (Lipinski definition) is 3. The van der Waals surface area contributed by atoms with E-state index in [1.165, 1.54) is 0 Å². The lowest BCUT2D eigenvalue weighted by Gasteiger charge is -2.16. The van der Waals surface area contributed by atoms with Crippen molar-refractivity contribution in [2.24, 2.45) is 0 Å². The Morgan fingerprint density at radius 2 is 1.76 bits per heavy atom. The smallest absolute Gasteiger partial charge is 0.212 e. The minimum absolute atomic E-state index is 0.0250. The Morgan fingerprint density at radius 3 is 2.38 bits per heavy atom. The summed E-state index contributed by atoms with van der Waals surface area (Å²) in [5.41, 5.74) is 1.80. The van der Waals surface area contributed by atoms with Crippen LogP contribution in [-0.4, -0.2) is 25.0 Å². The molecular weight excluding hydrogens is 308 g/mol. The molecule has 2 aromatic rings. The number of aryl methyl sites for hydroxylation is 1. The maximum atomic E-state index is 12.2. The molecule has 0 saturated heterocycles. The molecule has 0 aliphatic carbocycles. The fourth-order valence-corrected chi connectivity index (χ4v) is 3.57. The molecule has 4 nitrogen and oxygen atoms in total. The summed E-state index contributed by atoms with van der Waals surface area (Å²) in [6.45, 7) is 0. The van der Waals surface area contributed by atoms with Crippen LogP contribution in [0, 0.1) is 0 Å². The first-order chi connectivity index (χ1) is 10.1. The summed E-state index contributed by atoms with van der Waals surface area (Å²) in [4.78, 5) is 3.91. The third-order valence-corrected chi connectivity index (χ3v) is 4.78. The maximum Gasteiger partial charge on any atom is 0.212 e. The number of hydrogen-bond donors (Lipinski definition) is 1. The van der Waals surface area contributed by atoms with E-state index in [1.54, 1.807) is 12.4 Å². The van der Waals surface area contributed by atoms with E-state index in [0.29, 0.717) is 6.42 Å². The van der Waals surface area contributed by atoms with Gasteiger partial charge < -0.3 is 0 Å². The molecule has 1 heterocycles. The van der Waals surface area contributed by atoms with Crippen LogP contribution in [0.2, 0.25) is 0 Å². The lowest BCUT2D eigenvalue weighted by molar-refractivity contribution is 0.567. The van der Waals surface area contributed by atoms with E-state index in [-0.39, 0.29) is 11.6 Å². The van der Waals surface area contributed by atoms with Crippen LogP contribution in [0.1, 0.15) is 17.2 Å². The van der Waals surface area contributed by atoms with Crippen LogP contribution >= 0.6 is 11.6 Å². The second kappa shape index (κ2) is 7.54. The Morgan fingerprint density at radius 1 is 1.10 bits per heavy atom. The lowest BCUT2D eigenvalue weighted by atomic mass is 10.1. The summed E-state index contributed by atoms with van der Waals surface area (Å²) in [6.07, 6.45) is 3.75. The van der Waals surface area contributed by atoms with Gasteiger partial charge in [0, 0.05) is 18.3 Å².